The van der Waals surface area contributed by atoms with Crippen LogP contribution in [0.5, 0.6) is 0 Å². The Labute approximate surface area is 321 Å². The molecule has 52 heavy (non-hydrogen) atoms. The molecule has 0 bridgehead atoms. The highest BCUT2D eigenvalue weighted by Gasteiger charge is 2.55. The van der Waals surface area contributed by atoms with Gasteiger partial charge >= 0.3 is 5.97 Å². The number of rotatable bonds is 13. The number of benzene rings is 4. The molecule has 1 N–H and O–H groups in total. The first-order valence-corrected chi connectivity index (χ1v) is 20.0. The van der Waals surface area contributed by atoms with E-state index in [9.17, 15) is 4.79 Å². The molecule has 8 nitrogen and oxygen atoms in total. The summed E-state index contributed by atoms with van der Waals surface area (Å²) in [7, 11) is -3.08. The Morgan fingerprint density at radius 2 is 1.13 bits per heavy atom. The third-order valence-corrected chi connectivity index (χ3v) is 14.4. The van der Waals surface area contributed by atoms with Crippen LogP contribution in [0.1, 0.15) is 38.8 Å². The maximum Gasteiger partial charge on any atom is 0.303 e. The standard InChI is InChI=1S/C40H44Cl3NO7Si/c1-28(45)49-36-35(47-26-30-19-11-6-12-20-30)34(46-25-29-17-9-5-10-18-29)33(50-37(36)51-38(44)40(41,42)43)27-48-52(39(2,3)4,31-21-13-7-14-22-31)32-23-15-8-16-24-32/h5-24,33-37,44H,25-27H2,1-4H3/t33-,34-,35+,36+,37+/m1/s1. The van der Waals surface area contributed by atoms with Crippen molar-refractivity contribution >= 4 is 65.4 Å². The number of hydrogen-bond donors (Lipinski definition) is 1. The van der Waals surface area contributed by atoms with Crippen molar-refractivity contribution in [3.63, 3.8) is 0 Å². The number of ether oxygens (including phenoxy) is 5. The summed E-state index contributed by atoms with van der Waals surface area (Å²) >= 11 is 18.2. The molecule has 5 atom stereocenters. The highest BCUT2D eigenvalue weighted by Crippen LogP contribution is 2.39. The molecule has 0 spiro atoms. The van der Waals surface area contributed by atoms with E-state index in [0.717, 1.165) is 21.5 Å². The number of halogens is 3. The van der Waals surface area contributed by atoms with Gasteiger partial charge in [-0.2, -0.15) is 0 Å². The number of carbonyl (C=O) groups is 1. The van der Waals surface area contributed by atoms with Crippen molar-refractivity contribution in [2.24, 2.45) is 0 Å². The number of nitrogens with one attached hydrogen (secondary N) is 1. The van der Waals surface area contributed by atoms with Crippen LogP contribution in [0, 0.1) is 5.41 Å². The minimum Gasteiger partial charge on any atom is -0.453 e. The normalized spacial score (nSPS) is 20.9. The third kappa shape index (κ3) is 9.83. The maximum atomic E-state index is 12.6. The monoisotopic (exact) mass is 783 g/mol. The van der Waals surface area contributed by atoms with Crippen LogP contribution in [0.4, 0.5) is 0 Å². The lowest BCUT2D eigenvalue weighted by Gasteiger charge is -2.48. The Morgan fingerprint density at radius 1 is 0.692 bits per heavy atom. The molecule has 0 saturated carbocycles. The molecule has 5 rings (SSSR count). The molecule has 1 aliphatic rings. The van der Waals surface area contributed by atoms with Crippen LogP contribution >= 0.6 is 34.8 Å². The van der Waals surface area contributed by atoms with Gasteiger partial charge in [0, 0.05) is 6.92 Å². The van der Waals surface area contributed by atoms with E-state index in [1.165, 1.54) is 6.92 Å². The average molecular weight is 785 g/mol. The molecule has 0 radical (unpaired) electrons. The van der Waals surface area contributed by atoms with Crippen molar-refractivity contribution in [1.82, 2.24) is 0 Å². The number of alkyl halides is 3. The second kappa shape index (κ2) is 17.7. The van der Waals surface area contributed by atoms with Crippen molar-refractivity contribution in [3.05, 3.63) is 132 Å². The maximum absolute atomic E-state index is 12.6. The van der Waals surface area contributed by atoms with E-state index in [-0.39, 0.29) is 24.9 Å². The summed E-state index contributed by atoms with van der Waals surface area (Å²) in [5.41, 5.74) is 1.79. The Balaban J connectivity index is 1.60. The molecule has 0 aromatic heterocycles. The fourth-order valence-electron chi connectivity index (χ4n) is 6.50. The summed E-state index contributed by atoms with van der Waals surface area (Å²) < 4.78 is 36.7. The van der Waals surface area contributed by atoms with Gasteiger partial charge in [0.15, 0.2) is 6.10 Å². The van der Waals surface area contributed by atoms with Crippen molar-refractivity contribution < 1.29 is 32.9 Å². The van der Waals surface area contributed by atoms with Crippen LogP contribution in [-0.2, 0) is 46.1 Å². The largest absolute Gasteiger partial charge is 0.453 e. The average Bonchev–Trinajstić information content (AvgIpc) is 3.12. The second-order valence-corrected chi connectivity index (χ2v) is 20.1. The minimum atomic E-state index is -3.08. The van der Waals surface area contributed by atoms with E-state index in [0.29, 0.717) is 0 Å². The molecule has 1 fully saturated rings. The zero-order chi connectivity index (χ0) is 37.4. The van der Waals surface area contributed by atoms with Crippen LogP contribution in [0.15, 0.2) is 121 Å². The van der Waals surface area contributed by atoms with E-state index >= 15 is 0 Å². The Morgan fingerprint density at radius 3 is 1.56 bits per heavy atom. The van der Waals surface area contributed by atoms with Gasteiger partial charge in [0.2, 0.25) is 12.2 Å². The number of hydrogen-bond acceptors (Lipinski definition) is 8. The molecule has 0 aliphatic carbocycles. The van der Waals surface area contributed by atoms with E-state index in [4.69, 9.17) is 68.3 Å². The lowest BCUT2D eigenvalue weighted by Crippen LogP contribution is -2.68. The van der Waals surface area contributed by atoms with Gasteiger partial charge in [-0.05, 0) is 26.5 Å². The van der Waals surface area contributed by atoms with E-state index in [1.54, 1.807) is 0 Å². The van der Waals surface area contributed by atoms with Crippen molar-refractivity contribution in [2.45, 2.75) is 80.4 Å². The molecule has 0 amide bonds. The van der Waals surface area contributed by atoms with Crippen LogP contribution in [-0.4, -0.2) is 61.3 Å². The molecule has 1 aliphatic heterocycles. The lowest BCUT2D eigenvalue weighted by molar-refractivity contribution is -0.303. The highest BCUT2D eigenvalue weighted by molar-refractivity contribution is 6.99. The van der Waals surface area contributed by atoms with Crippen molar-refractivity contribution in [2.75, 3.05) is 6.61 Å². The molecule has 4 aromatic carbocycles. The quantitative estimate of drug-likeness (QED) is 0.0487. The van der Waals surface area contributed by atoms with Gasteiger partial charge in [-0.1, -0.05) is 177 Å². The molecule has 276 valence electrons. The highest BCUT2D eigenvalue weighted by atomic mass is 35.6. The zero-order valence-electron chi connectivity index (χ0n) is 29.5. The Bertz CT molecular complexity index is 1690. The predicted octanol–water partition coefficient (Wildman–Crippen LogP) is 7.75. The fourth-order valence-corrected chi connectivity index (χ4v) is 11.2. The fraction of sp³-hybridized carbons (Fsp3) is 0.350. The zero-order valence-corrected chi connectivity index (χ0v) is 32.8. The summed E-state index contributed by atoms with van der Waals surface area (Å²) in [5.74, 6) is -1.34. The van der Waals surface area contributed by atoms with Gasteiger partial charge in [-0.3, -0.25) is 10.2 Å². The van der Waals surface area contributed by atoms with Crippen molar-refractivity contribution in [1.29, 1.82) is 5.41 Å². The first kappa shape index (κ1) is 39.9. The van der Waals surface area contributed by atoms with Crippen LogP contribution < -0.4 is 10.4 Å². The van der Waals surface area contributed by atoms with Crippen LogP contribution in [0.2, 0.25) is 5.04 Å². The molecule has 0 unspecified atom stereocenters. The van der Waals surface area contributed by atoms with Gasteiger partial charge in [-0.25, -0.2) is 0 Å². The molecular weight excluding hydrogens is 741 g/mol. The topological polar surface area (TPSA) is 96.3 Å². The minimum absolute atomic E-state index is 0.0195. The predicted molar refractivity (Wildman–Crippen MR) is 207 cm³/mol. The Hall–Kier alpha value is -3.25. The number of carbonyl (C=O) groups excluding carboxylic acids is 1. The summed E-state index contributed by atoms with van der Waals surface area (Å²) in [4.78, 5) is 12.6. The summed E-state index contributed by atoms with van der Waals surface area (Å²) in [6.45, 7) is 8.17. The number of esters is 1. The second-order valence-electron chi connectivity index (χ2n) is 13.6. The first-order chi connectivity index (χ1) is 24.8. The molecule has 1 heterocycles. The van der Waals surface area contributed by atoms with E-state index < -0.39 is 54.7 Å². The molecule has 12 heteroatoms. The van der Waals surface area contributed by atoms with E-state index in [2.05, 4.69) is 45.0 Å². The third-order valence-electron chi connectivity index (χ3n) is 8.84. The SMILES string of the molecule is CC(=O)O[C@@H]1[C@H](OC(=N)C(Cl)(Cl)Cl)O[C@H](CO[Si](c2ccccc2)(c2ccccc2)C(C)(C)C)[C@@H](OCc2ccccc2)[C@@H]1OCc1ccccc1. The van der Waals surface area contributed by atoms with Gasteiger partial charge < -0.3 is 28.1 Å². The molecule has 4 aromatic rings. The van der Waals surface area contributed by atoms with Gasteiger partial charge in [0.25, 0.3) is 12.1 Å². The van der Waals surface area contributed by atoms with E-state index in [1.807, 2.05) is 97.1 Å². The molecular formula is C40H44Cl3NO7Si. The molecule has 1 saturated heterocycles. The lowest BCUT2D eigenvalue weighted by atomic mass is 9.98. The van der Waals surface area contributed by atoms with Crippen molar-refractivity contribution in [3.8, 4) is 0 Å². The van der Waals surface area contributed by atoms with Gasteiger partial charge in [0.05, 0.1) is 19.8 Å². The first-order valence-electron chi connectivity index (χ1n) is 17.0. The summed E-state index contributed by atoms with van der Waals surface area (Å²) in [5, 5.41) is 10.2. The van der Waals surface area contributed by atoms with Gasteiger partial charge in [-0.15, -0.1) is 0 Å². The van der Waals surface area contributed by atoms with Crippen LogP contribution in [0.3, 0.4) is 0 Å². The smallest absolute Gasteiger partial charge is 0.303 e. The summed E-state index contributed by atoms with van der Waals surface area (Å²) in [6.07, 6.45) is -5.34. The van der Waals surface area contributed by atoms with Gasteiger partial charge in [0.1, 0.15) is 18.3 Å². The Kier molecular flexibility index (Phi) is 13.6. The summed E-state index contributed by atoms with van der Waals surface area (Å²) in [6, 6.07) is 39.7. The van der Waals surface area contributed by atoms with Crippen LogP contribution in [0.25, 0.3) is 0 Å².